The van der Waals surface area contributed by atoms with Gasteiger partial charge in [-0.15, -0.1) is 6.42 Å². The van der Waals surface area contributed by atoms with Crippen LogP contribution in [-0.4, -0.2) is 47.5 Å². The van der Waals surface area contributed by atoms with Gasteiger partial charge in [-0.2, -0.15) is 0 Å². The lowest BCUT2D eigenvalue weighted by Gasteiger charge is -2.33. The van der Waals surface area contributed by atoms with E-state index in [1.807, 2.05) is 20.8 Å². The molecule has 0 aliphatic heterocycles. The van der Waals surface area contributed by atoms with Gasteiger partial charge in [-0.3, -0.25) is 9.59 Å². The van der Waals surface area contributed by atoms with Gasteiger partial charge in [0.15, 0.2) is 0 Å². The number of rotatable bonds is 10. The Morgan fingerprint density at radius 2 is 1.81 bits per heavy atom. The van der Waals surface area contributed by atoms with Crippen molar-refractivity contribution < 1.29 is 19.1 Å². The van der Waals surface area contributed by atoms with Crippen LogP contribution in [0.25, 0.3) is 0 Å². The molecule has 0 radical (unpaired) electrons. The molecule has 2 atom stereocenters. The van der Waals surface area contributed by atoms with E-state index in [0.29, 0.717) is 24.1 Å². The Morgan fingerprint density at radius 1 is 1.16 bits per heavy atom. The number of benzene rings is 1. The first-order valence-electron chi connectivity index (χ1n) is 11.2. The second-order valence-electron chi connectivity index (χ2n) is 8.78. The number of terminal acetylenes is 1. The first-order chi connectivity index (χ1) is 15.0. The monoisotopic (exact) mass is 443 g/mol. The molecule has 0 aromatic heterocycles. The first kappa shape index (κ1) is 27.0. The smallest absolute Gasteiger partial charge is 0.408 e. The summed E-state index contributed by atoms with van der Waals surface area (Å²) < 4.78 is 5.21. The number of amides is 3. The molecule has 176 valence electrons. The molecule has 0 aliphatic rings. The molecule has 0 heterocycles. The molecule has 3 amide bonds. The Hall–Kier alpha value is -3.01. The molecule has 0 fully saturated rings. The Bertz CT molecular complexity index is 823. The fourth-order valence-electron chi connectivity index (χ4n) is 3.35. The summed E-state index contributed by atoms with van der Waals surface area (Å²) in [5.74, 6) is 1.92. The SMILES string of the molecule is C#Cc1ccccc1C(C(=O)NC(C)CCC)N(CCC)C(=O)CNC(=O)OC(C)(C)C. The Labute approximate surface area is 192 Å². The van der Waals surface area contributed by atoms with Gasteiger partial charge in [0, 0.05) is 18.2 Å². The van der Waals surface area contributed by atoms with E-state index in [-0.39, 0.29) is 18.5 Å². The van der Waals surface area contributed by atoms with Crippen LogP contribution in [0.3, 0.4) is 0 Å². The van der Waals surface area contributed by atoms with E-state index >= 15 is 0 Å². The molecule has 7 heteroatoms. The molecule has 7 nitrogen and oxygen atoms in total. The number of nitrogens with zero attached hydrogens (tertiary/aromatic N) is 1. The second-order valence-corrected chi connectivity index (χ2v) is 8.78. The van der Waals surface area contributed by atoms with Crippen molar-refractivity contribution in [1.29, 1.82) is 0 Å². The van der Waals surface area contributed by atoms with Crippen LogP contribution in [0.15, 0.2) is 24.3 Å². The first-order valence-corrected chi connectivity index (χ1v) is 11.2. The quantitative estimate of drug-likeness (QED) is 0.539. The van der Waals surface area contributed by atoms with Gasteiger partial charge in [-0.1, -0.05) is 44.4 Å². The highest BCUT2D eigenvalue weighted by Gasteiger charge is 2.33. The third kappa shape index (κ3) is 8.62. The molecular weight excluding hydrogens is 406 g/mol. The minimum absolute atomic E-state index is 0.0496. The summed E-state index contributed by atoms with van der Waals surface area (Å²) >= 11 is 0. The molecular formula is C25H37N3O4. The van der Waals surface area contributed by atoms with Crippen LogP contribution < -0.4 is 10.6 Å². The molecule has 1 aromatic carbocycles. The molecule has 0 spiro atoms. The van der Waals surface area contributed by atoms with Crippen LogP contribution in [0.4, 0.5) is 4.79 Å². The third-order valence-corrected chi connectivity index (χ3v) is 4.65. The highest BCUT2D eigenvalue weighted by atomic mass is 16.6. The van der Waals surface area contributed by atoms with Crippen molar-refractivity contribution >= 4 is 17.9 Å². The zero-order valence-electron chi connectivity index (χ0n) is 20.2. The molecule has 0 saturated heterocycles. The van der Waals surface area contributed by atoms with E-state index in [1.165, 1.54) is 4.90 Å². The number of hydrogen-bond acceptors (Lipinski definition) is 4. The predicted molar refractivity (Wildman–Crippen MR) is 126 cm³/mol. The van der Waals surface area contributed by atoms with Gasteiger partial charge in [0.25, 0.3) is 0 Å². The van der Waals surface area contributed by atoms with Gasteiger partial charge in [0.1, 0.15) is 18.2 Å². The summed E-state index contributed by atoms with van der Waals surface area (Å²) in [6, 6.07) is 6.14. The maximum atomic E-state index is 13.4. The van der Waals surface area contributed by atoms with Crippen LogP contribution in [0, 0.1) is 12.3 Å². The number of alkyl carbamates (subject to hydrolysis) is 1. The van der Waals surface area contributed by atoms with Crippen molar-refractivity contribution in [1.82, 2.24) is 15.5 Å². The Balaban J connectivity index is 3.23. The fourth-order valence-corrected chi connectivity index (χ4v) is 3.35. The fraction of sp³-hybridized carbons (Fsp3) is 0.560. The van der Waals surface area contributed by atoms with E-state index < -0.39 is 23.6 Å². The topological polar surface area (TPSA) is 87.7 Å². The molecule has 0 saturated carbocycles. The lowest BCUT2D eigenvalue weighted by atomic mass is 9.97. The largest absolute Gasteiger partial charge is 0.444 e. The highest BCUT2D eigenvalue weighted by molar-refractivity contribution is 5.91. The van der Waals surface area contributed by atoms with Gasteiger partial charge in [-0.05, 0) is 52.2 Å². The van der Waals surface area contributed by atoms with Crippen molar-refractivity contribution in [3.05, 3.63) is 35.4 Å². The number of carbonyl (C=O) groups is 3. The van der Waals surface area contributed by atoms with Crippen LogP contribution in [0.2, 0.25) is 0 Å². The van der Waals surface area contributed by atoms with Crippen LogP contribution >= 0.6 is 0 Å². The van der Waals surface area contributed by atoms with E-state index in [9.17, 15) is 14.4 Å². The maximum absolute atomic E-state index is 13.4. The Kier molecular flexibility index (Phi) is 10.8. The average Bonchev–Trinajstić information content (AvgIpc) is 2.70. The predicted octanol–water partition coefficient (Wildman–Crippen LogP) is 3.78. The molecule has 0 aliphatic carbocycles. The summed E-state index contributed by atoms with van der Waals surface area (Å²) in [5, 5.41) is 5.50. The molecule has 1 aromatic rings. The van der Waals surface area contributed by atoms with Crippen molar-refractivity contribution in [2.45, 2.75) is 78.5 Å². The van der Waals surface area contributed by atoms with E-state index in [4.69, 9.17) is 11.2 Å². The van der Waals surface area contributed by atoms with Crippen LogP contribution in [-0.2, 0) is 14.3 Å². The van der Waals surface area contributed by atoms with Crippen LogP contribution in [0.1, 0.15) is 78.0 Å². The molecule has 1 rings (SSSR count). The number of nitrogens with one attached hydrogen (secondary N) is 2. The normalized spacial score (nSPS) is 12.8. The van der Waals surface area contributed by atoms with Gasteiger partial charge in [-0.25, -0.2) is 4.79 Å². The third-order valence-electron chi connectivity index (χ3n) is 4.65. The lowest BCUT2D eigenvalue weighted by molar-refractivity contribution is -0.140. The van der Waals surface area contributed by atoms with E-state index in [1.54, 1.807) is 45.0 Å². The van der Waals surface area contributed by atoms with Gasteiger partial charge in [0.05, 0.1) is 0 Å². The highest BCUT2D eigenvalue weighted by Crippen LogP contribution is 2.25. The summed E-state index contributed by atoms with van der Waals surface area (Å²) in [6.07, 6.45) is 7.36. The summed E-state index contributed by atoms with van der Waals surface area (Å²) in [5.41, 5.74) is 0.444. The number of hydrogen-bond donors (Lipinski definition) is 2. The summed E-state index contributed by atoms with van der Waals surface area (Å²) in [6.45, 7) is 11.2. The van der Waals surface area contributed by atoms with E-state index in [2.05, 4.69) is 16.6 Å². The maximum Gasteiger partial charge on any atom is 0.408 e. The summed E-state index contributed by atoms with van der Waals surface area (Å²) in [7, 11) is 0. The molecule has 0 bridgehead atoms. The minimum Gasteiger partial charge on any atom is -0.444 e. The van der Waals surface area contributed by atoms with Gasteiger partial charge in [0.2, 0.25) is 11.8 Å². The van der Waals surface area contributed by atoms with Crippen LogP contribution in [0.5, 0.6) is 0 Å². The number of ether oxygens (including phenoxy) is 1. The van der Waals surface area contributed by atoms with Crippen molar-refractivity contribution in [2.75, 3.05) is 13.1 Å². The van der Waals surface area contributed by atoms with Crippen molar-refractivity contribution in [2.24, 2.45) is 0 Å². The van der Waals surface area contributed by atoms with E-state index in [0.717, 1.165) is 12.8 Å². The van der Waals surface area contributed by atoms with Gasteiger partial charge >= 0.3 is 6.09 Å². The van der Waals surface area contributed by atoms with Gasteiger partial charge < -0.3 is 20.3 Å². The Morgan fingerprint density at radius 3 is 2.38 bits per heavy atom. The zero-order chi connectivity index (χ0) is 24.3. The lowest BCUT2D eigenvalue weighted by Crippen LogP contribution is -2.49. The molecule has 2 N–H and O–H groups in total. The van der Waals surface area contributed by atoms with Crippen molar-refractivity contribution in [3.8, 4) is 12.3 Å². The minimum atomic E-state index is -0.908. The number of carbonyl (C=O) groups excluding carboxylic acids is 3. The van der Waals surface area contributed by atoms with Crippen molar-refractivity contribution in [3.63, 3.8) is 0 Å². The summed E-state index contributed by atoms with van der Waals surface area (Å²) in [4.78, 5) is 40.0. The molecule has 2 unspecified atom stereocenters. The standard InChI is InChI=1S/C25H37N3O4/c1-8-13-18(4)27-23(30)22(20-15-12-11-14-19(20)10-3)28(16-9-2)21(29)17-26-24(31)32-25(5,6)7/h3,11-12,14-15,18,22H,8-9,13,16-17H2,1-2,4-7H3,(H,26,31)(H,27,30). The molecule has 32 heavy (non-hydrogen) atoms. The average molecular weight is 444 g/mol. The zero-order valence-corrected chi connectivity index (χ0v) is 20.2. The second kappa shape index (κ2) is 12.7.